The first-order valence-electron chi connectivity index (χ1n) is 5.23. The molecule has 1 rings (SSSR count). The summed E-state index contributed by atoms with van der Waals surface area (Å²) in [5, 5.41) is 3.37. The van der Waals surface area contributed by atoms with Gasteiger partial charge in [-0.25, -0.2) is 4.98 Å². The number of hydrogen-bond donors (Lipinski definition) is 2. The summed E-state index contributed by atoms with van der Waals surface area (Å²) in [6.07, 6.45) is 4.00. The number of pyridine rings is 1. The SMILES string of the molecule is CCCC(C)Nc1ncc(N)c(C)c1Br. The minimum absolute atomic E-state index is 0.432. The second-order valence-corrected chi connectivity index (χ2v) is 4.63. The lowest BCUT2D eigenvalue weighted by molar-refractivity contribution is 0.687. The molecular formula is C11H18BrN3. The van der Waals surface area contributed by atoms with Crippen LogP contribution in [0.5, 0.6) is 0 Å². The molecule has 0 amide bonds. The predicted molar refractivity (Wildman–Crippen MR) is 69.1 cm³/mol. The Kier molecular flexibility index (Phi) is 4.39. The minimum Gasteiger partial charge on any atom is -0.397 e. The number of nitrogens with zero attached hydrogens (tertiary/aromatic N) is 1. The molecule has 4 heteroatoms. The molecule has 1 unspecified atom stereocenters. The maximum Gasteiger partial charge on any atom is 0.140 e. The lowest BCUT2D eigenvalue weighted by Crippen LogP contribution is -2.16. The molecule has 3 nitrogen and oxygen atoms in total. The van der Waals surface area contributed by atoms with Crippen molar-refractivity contribution in [2.45, 2.75) is 39.7 Å². The molecule has 84 valence electrons. The summed E-state index contributed by atoms with van der Waals surface area (Å²) >= 11 is 3.51. The van der Waals surface area contributed by atoms with E-state index in [1.165, 1.54) is 6.42 Å². The molecule has 0 fully saturated rings. The Morgan fingerprint density at radius 3 is 2.87 bits per heavy atom. The average molecular weight is 272 g/mol. The Balaban J connectivity index is 2.82. The van der Waals surface area contributed by atoms with Crippen LogP contribution in [0.3, 0.4) is 0 Å². The number of halogens is 1. The Morgan fingerprint density at radius 1 is 1.60 bits per heavy atom. The highest BCUT2D eigenvalue weighted by atomic mass is 79.9. The number of nitrogen functional groups attached to an aromatic ring is 1. The first-order valence-corrected chi connectivity index (χ1v) is 6.02. The van der Waals surface area contributed by atoms with Gasteiger partial charge in [0, 0.05) is 6.04 Å². The van der Waals surface area contributed by atoms with E-state index in [2.05, 4.69) is 40.1 Å². The van der Waals surface area contributed by atoms with E-state index in [4.69, 9.17) is 5.73 Å². The summed E-state index contributed by atoms with van der Waals surface area (Å²) in [5.41, 5.74) is 7.52. The second-order valence-electron chi connectivity index (χ2n) is 3.84. The van der Waals surface area contributed by atoms with Gasteiger partial charge in [-0.15, -0.1) is 0 Å². The summed E-state index contributed by atoms with van der Waals surface area (Å²) in [6.45, 7) is 6.31. The van der Waals surface area contributed by atoms with Crippen molar-refractivity contribution in [3.05, 3.63) is 16.2 Å². The van der Waals surface area contributed by atoms with Crippen LogP contribution in [-0.2, 0) is 0 Å². The Morgan fingerprint density at radius 2 is 2.27 bits per heavy atom. The molecule has 0 radical (unpaired) electrons. The summed E-state index contributed by atoms with van der Waals surface area (Å²) in [6, 6.07) is 0.432. The molecule has 0 saturated carbocycles. The molecule has 1 aromatic heterocycles. The summed E-state index contributed by atoms with van der Waals surface area (Å²) < 4.78 is 0.963. The smallest absolute Gasteiger partial charge is 0.140 e. The average Bonchev–Trinajstić information content (AvgIpc) is 2.20. The van der Waals surface area contributed by atoms with E-state index in [9.17, 15) is 0 Å². The number of hydrogen-bond acceptors (Lipinski definition) is 3. The largest absolute Gasteiger partial charge is 0.397 e. The lowest BCUT2D eigenvalue weighted by Gasteiger charge is -2.16. The van der Waals surface area contributed by atoms with Gasteiger partial charge in [0.1, 0.15) is 5.82 Å². The number of anilines is 2. The third-order valence-electron chi connectivity index (χ3n) is 2.41. The standard InChI is InChI=1S/C11H18BrN3/c1-4-5-7(2)15-11-10(12)8(3)9(13)6-14-11/h6-7H,4-5,13H2,1-3H3,(H,14,15). The second kappa shape index (κ2) is 5.35. The van der Waals surface area contributed by atoms with Crippen molar-refractivity contribution in [1.29, 1.82) is 0 Å². The van der Waals surface area contributed by atoms with E-state index in [0.29, 0.717) is 6.04 Å². The lowest BCUT2D eigenvalue weighted by atomic mass is 10.2. The Labute approximate surface area is 99.6 Å². The Bertz CT molecular complexity index is 339. The molecule has 0 aliphatic rings. The van der Waals surface area contributed by atoms with E-state index < -0.39 is 0 Å². The fraction of sp³-hybridized carbons (Fsp3) is 0.545. The predicted octanol–water partition coefficient (Wildman–Crippen LogP) is 3.34. The molecule has 1 atom stereocenters. The first-order chi connectivity index (χ1) is 7.06. The fourth-order valence-electron chi connectivity index (χ4n) is 1.43. The molecule has 0 aliphatic heterocycles. The van der Waals surface area contributed by atoms with Crippen LogP contribution in [0, 0.1) is 6.92 Å². The zero-order chi connectivity index (χ0) is 11.4. The normalized spacial score (nSPS) is 12.5. The van der Waals surface area contributed by atoms with Crippen molar-refractivity contribution in [2.75, 3.05) is 11.1 Å². The summed E-state index contributed by atoms with van der Waals surface area (Å²) in [4.78, 5) is 4.28. The van der Waals surface area contributed by atoms with E-state index >= 15 is 0 Å². The number of rotatable bonds is 4. The van der Waals surface area contributed by atoms with Crippen LogP contribution >= 0.6 is 15.9 Å². The van der Waals surface area contributed by atoms with Crippen LogP contribution in [-0.4, -0.2) is 11.0 Å². The zero-order valence-corrected chi connectivity index (χ0v) is 11.1. The van der Waals surface area contributed by atoms with Gasteiger partial charge in [-0.05, 0) is 41.8 Å². The van der Waals surface area contributed by atoms with Crippen molar-refractivity contribution in [1.82, 2.24) is 4.98 Å². The van der Waals surface area contributed by atoms with Crippen LogP contribution in [0.25, 0.3) is 0 Å². The van der Waals surface area contributed by atoms with Crippen LogP contribution in [0.1, 0.15) is 32.3 Å². The van der Waals surface area contributed by atoms with Crippen molar-refractivity contribution in [2.24, 2.45) is 0 Å². The molecular weight excluding hydrogens is 254 g/mol. The van der Waals surface area contributed by atoms with Crippen molar-refractivity contribution in [3.8, 4) is 0 Å². The quantitative estimate of drug-likeness (QED) is 0.883. The molecule has 1 aromatic rings. The van der Waals surface area contributed by atoms with Gasteiger partial charge in [-0.3, -0.25) is 0 Å². The third kappa shape index (κ3) is 3.09. The number of nitrogens with one attached hydrogen (secondary N) is 1. The highest BCUT2D eigenvalue weighted by Crippen LogP contribution is 2.28. The van der Waals surface area contributed by atoms with Gasteiger partial charge in [0.2, 0.25) is 0 Å². The molecule has 1 heterocycles. The van der Waals surface area contributed by atoms with E-state index in [1.54, 1.807) is 6.20 Å². The van der Waals surface area contributed by atoms with E-state index in [0.717, 1.165) is 28.0 Å². The fourth-order valence-corrected chi connectivity index (χ4v) is 1.88. The maximum atomic E-state index is 5.76. The summed E-state index contributed by atoms with van der Waals surface area (Å²) in [7, 11) is 0. The molecule has 0 aliphatic carbocycles. The third-order valence-corrected chi connectivity index (χ3v) is 3.38. The number of aromatic nitrogens is 1. The Hall–Kier alpha value is -0.770. The molecule has 0 bridgehead atoms. The monoisotopic (exact) mass is 271 g/mol. The van der Waals surface area contributed by atoms with Gasteiger partial charge >= 0.3 is 0 Å². The highest BCUT2D eigenvalue weighted by Gasteiger charge is 2.09. The number of nitrogens with two attached hydrogens (primary N) is 1. The molecule has 3 N–H and O–H groups in total. The maximum absolute atomic E-state index is 5.76. The van der Waals surface area contributed by atoms with Crippen molar-refractivity contribution >= 4 is 27.4 Å². The van der Waals surface area contributed by atoms with E-state index in [1.807, 2.05) is 6.92 Å². The van der Waals surface area contributed by atoms with Crippen LogP contribution in [0.4, 0.5) is 11.5 Å². The zero-order valence-electron chi connectivity index (χ0n) is 9.47. The first kappa shape index (κ1) is 12.3. The molecule has 0 spiro atoms. The highest BCUT2D eigenvalue weighted by molar-refractivity contribution is 9.10. The van der Waals surface area contributed by atoms with Gasteiger partial charge in [-0.2, -0.15) is 0 Å². The van der Waals surface area contributed by atoms with Gasteiger partial charge in [0.05, 0.1) is 16.4 Å². The van der Waals surface area contributed by atoms with Crippen molar-refractivity contribution in [3.63, 3.8) is 0 Å². The van der Waals surface area contributed by atoms with Crippen LogP contribution < -0.4 is 11.1 Å². The van der Waals surface area contributed by atoms with Crippen LogP contribution in [0.2, 0.25) is 0 Å². The molecule has 0 saturated heterocycles. The van der Waals surface area contributed by atoms with Gasteiger partial charge in [0.15, 0.2) is 0 Å². The van der Waals surface area contributed by atoms with E-state index in [-0.39, 0.29) is 0 Å². The van der Waals surface area contributed by atoms with Gasteiger partial charge in [0.25, 0.3) is 0 Å². The van der Waals surface area contributed by atoms with Crippen LogP contribution in [0.15, 0.2) is 10.7 Å². The topological polar surface area (TPSA) is 50.9 Å². The van der Waals surface area contributed by atoms with Gasteiger partial charge < -0.3 is 11.1 Å². The molecule has 0 aromatic carbocycles. The summed E-state index contributed by atoms with van der Waals surface area (Å²) in [5.74, 6) is 0.877. The van der Waals surface area contributed by atoms with Crippen molar-refractivity contribution < 1.29 is 0 Å². The minimum atomic E-state index is 0.432. The van der Waals surface area contributed by atoms with Gasteiger partial charge in [-0.1, -0.05) is 13.3 Å². The molecule has 15 heavy (non-hydrogen) atoms.